The molecule has 4 heterocycles. The van der Waals surface area contributed by atoms with Crippen molar-refractivity contribution in [3.8, 4) is 57.5 Å². The third kappa shape index (κ3) is 21.3. The molecule has 19 heteroatoms. The van der Waals surface area contributed by atoms with Crippen LogP contribution in [0.3, 0.4) is 0 Å². The SMILES string of the molecule is CC(C)CN(Cc1cc(O)c2c(c1)C=CC(C)(C)O2)S(C)(=O)=O.CC1(C)C=Cc2cc(C=O)cc(O)c2O1.COCOc1cc(C=O)cc2c1OC(C)(C)C=C2.COCOc1cc(CCCC(C)C)cc2c1OC(C)(C)C=C2.O=Cc1ccc(O)c(O)c1. The Morgan fingerprint density at radius 2 is 0.909 bits per heavy atom. The number of aromatic hydroxyl groups is 4. The fraction of sp³-hybridized carbons (Fsp3) is 0.406. The molecule has 4 aliphatic rings. The molecule has 88 heavy (non-hydrogen) atoms. The normalized spacial score (nSPS) is 15.3. The summed E-state index contributed by atoms with van der Waals surface area (Å²) in [5.41, 5.74) is 5.20. The lowest BCUT2D eigenvalue weighted by atomic mass is 9.97. The van der Waals surface area contributed by atoms with Gasteiger partial charge in [0, 0.05) is 66.3 Å². The van der Waals surface area contributed by atoms with Gasteiger partial charge in [-0.25, -0.2) is 8.42 Å². The summed E-state index contributed by atoms with van der Waals surface area (Å²) in [4.78, 5) is 31.6. The largest absolute Gasteiger partial charge is 0.504 e. The van der Waals surface area contributed by atoms with Gasteiger partial charge in [-0.15, -0.1) is 0 Å². The van der Waals surface area contributed by atoms with Crippen molar-refractivity contribution in [1.29, 1.82) is 0 Å². The van der Waals surface area contributed by atoms with Gasteiger partial charge in [-0.3, -0.25) is 14.4 Å². The van der Waals surface area contributed by atoms with E-state index in [0.29, 0.717) is 58.8 Å². The lowest BCUT2D eigenvalue weighted by Crippen LogP contribution is -2.33. The first kappa shape index (κ1) is 70.7. The molecular weight excluding hydrogens is 1150 g/mol. The van der Waals surface area contributed by atoms with Gasteiger partial charge in [-0.2, -0.15) is 4.31 Å². The summed E-state index contributed by atoms with van der Waals surface area (Å²) in [6.45, 7) is 25.1. The van der Waals surface area contributed by atoms with E-state index in [1.54, 1.807) is 38.5 Å². The molecule has 9 rings (SSSR count). The van der Waals surface area contributed by atoms with Crippen LogP contribution in [-0.2, 0) is 32.5 Å². The van der Waals surface area contributed by atoms with E-state index in [2.05, 4.69) is 38.1 Å². The van der Waals surface area contributed by atoms with Crippen LogP contribution in [0.5, 0.6) is 57.5 Å². The van der Waals surface area contributed by atoms with Gasteiger partial charge >= 0.3 is 0 Å². The summed E-state index contributed by atoms with van der Waals surface area (Å²) in [6, 6.07) is 18.1. The molecule has 0 radical (unpaired) electrons. The minimum absolute atomic E-state index is 0.00650. The van der Waals surface area contributed by atoms with Gasteiger partial charge in [0.25, 0.3) is 0 Å². The minimum atomic E-state index is -3.31. The summed E-state index contributed by atoms with van der Waals surface area (Å²) in [6.07, 6.45) is 22.4. The molecule has 0 bridgehead atoms. The fourth-order valence-electron chi connectivity index (χ4n) is 9.06. The maximum atomic E-state index is 12.0. The highest BCUT2D eigenvalue weighted by Crippen LogP contribution is 2.43. The van der Waals surface area contributed by atoms with Gasteiger partial charge in [-0.05, 0) is 182 Å². The summed E-state index contributed by atoms with van der Waals surface area (Å²) < 4.78 is 69.8. The molecule has 4 N–H and O–H groups in total. The average Bonchev–Trinajstić information content (AvgIpc) is 0.935. The Balaban J connectivity index is 0.000000205. The number of nitrogens with zero attached hydrogens (tertiary/aromatic N) is 1. The smallest absolute Gasteiger partial charge is 0.211 e. The number of rotatable bonds is 18. The molecule has 0 atom stereocenters. The third-order valence-electron chi connectivity index (χ3n) is 13.4. The predicted octanol–water partition coefficient (Wildman–Crippen LogP) is 13.8. The molecule has 0 fully saturated rings. The van der Waals surface area contributed by atoms with Gasteiger partial charge in [0.2, 0.25) is 10.0 Å². The van der Waals surface area contributed by atoms with E-state index < -0.39 is 21.2 Å². The summed E-state index contributed by atoms with van der Waals surface area (Å²) in [5.74, 6) is 4.15. The van der Waals surface area contributed by atoms with Crippen molar-refractivity contribution in [2.24, 2.45) is 11.8 Å². The Bertz CT molecular complexity index is 3480. The molecule has 5 aromatic rings. The Hall–Kier alpha value is -8.10. The molecular formula is C69H87NO17S. The maximum Gasteiger partial charge on any atom is 0.211 e. The van der Waals surface area contributed by atoms with Crippen LogP contribution >= 0.6 is 0 Å². The van der Waals surface area contributed by atoms with Gasteiger partial charge in [0.1, 0.15) is 41.3 Å². The number of ether oxygens (including phenoxy) is 8. The van der Waals surface area contributed by atoms with Crippen LogP contribution < -0.4 is 28.4 Å². The molecule has 4 aliphatic heterocycles. The van der Waals surface area contributed by atoms with Crippen molar-refractivity contribution in [1.82, 2.24) is 4.31 Å². The van der Waals surface area contributed by atoms with E-state index in [1.165, 1.54) is 53.2 Å². The summed E-state index contributed by atoms with van der Waals surface area (Å²) in [5, 5.41) is 37.5. The second kappa shape index (κ2) is 30.7. The van der Waals surface area contributed by atoms with Crippen LogP contribution in [-0.4, -0.2) is 115 Å². The molecule has 0 saturated carbocycles. The van der Waals surface area contributed by atoms with E-state index in [9.17, 15) is 33.0 Å². The monoisotopic (exact) mass is 1230 g/mol. The Kier molecular flexibility index (Phi) is 24.6. The van der Waals surface area contributed by atoms with Gasteiger partial charge in [0.05, 0.1) is 6.26 Å². The highest BCUT2D eigenvalue weighted by molar-refractivity contribution is 7.88. The number of carbonyl (C=O) groups is 3. The Labute approximate surface area is 518 Å². The number of phenolic OH excluding ortho intramolecular Hbond substituents is 4. The number of hydrogen-bond donors (Lipinski definition) is 4. The second-order valence-corrected chi connectivity index (χ2v) is 26.5. The highest BCUT2D eigenvalue weighted by Gasteiger charge is 2.29. The molecule has 5 aromatic carbocycles. The van der Waals surface area contributed by atoms with Crippen LogP contribution in [0, 0.1) is 11.8 Å². The summed E-state index contributed by atoms with van der Waals surface area (Å²) >= 11 is 0. The molecule has 0 saturated heterocycles. The van der Waals surface area contributed by atoms with Crippen LogP contribution in [0.15, 0.2) is 91.0 Å². The standard InChI is InChI=1S/C19H28O3.C17H25NO4S.C14H16O4.C12H12O3.C7H6O3/c1-14(2)7-6-8-15-11-16-9-10-19(3,4)22-18(16)17(12-15)21-13-20-5;1-12(2)10-18(23(5,20)21)11-13-8-14-6-7-17(3,4)22-16(14)15(19)9-13;1-14(2)5-4-11-6-10(8-15)7-12(13(11)18-14)17-9-16-3;1-12(2)4-3-9-5-8(7-13)6-10(14)11(9)15-12;8-4-5-1-2-6(9)7(10)3-5/h9-12,14H,6-8,13H2,1-5H3;6-9,12,19H,10-11H2,1-5H3;4-8H,9H2,1-3H3;3-7,14H,1-2H3;1-4,9-10H. The van der Waals surface area contributed by atoms with E-state index in [4.69, 9.17) is 48.1 Å². The van der Waals surface area contributed by atoms with Gasteiger partial charge in [-0.1, -0.05) is 58.4 Å². The van der Waals surface area contributed by atoms with E-state index in [-0.39, 0.29) is 60.2 Å². The Morgan fingerprint density at radius 3 is 1.35 bits per heavy atom. The number of sulfonamides is 1. The Morgan fingerprint density at radius 1 is 0.500 bits per heavy atom. The van der Waals surface area contributed by atoms with Crippen molar-refractivity contribution in [3.05, 3.63) is 141 Å². The van der Waals surface area contributed by atoms with E-state index in [1.807, 2.05) is 112 Å². The number of fused-ring (bicyclic) bond motifs is 4. The molecule has 0 aliphatic carbocycles. The zero-order chi connectivity index (χ0) is 65.4. The quantitative estimate of drug-likeness (QED) is 0.0362. The highest BCUT2D eigenvalue weighted by atomic mass is 32.2. The van der Waals surface area contributed by atoms with Crippen molar-refractivity contribution >= 4 is 53.2 Å². The first-order valence-electron chi connectivity index (χ1n) is 28.9. The molecule has 476 valence electrons. The van der Waals surface area contributed by atoms with Crippen molar-refractivity contribution in [3.63, 3.8) is 0 Å². The van der Waals surface area contributed by atoms with Crippen LogP contribution in [0.2, 0.25) is 0 Å². The average molecular weight is 1230 g/mol. The van der Waals surface area contributed by atoms with Crippen molar-refractivity contribution in [2.75, 3.05) is 40.6 Å². The van der Waals surface area contributed by atoms with E-state index >= 15 is 0 Å². The van der Waals surface area contributed by atoms with Crippen molar-refractivity contribution < 1.29 is 81.1 Å². The molecule has 0 amide bonds. The van der Waals surface area contributed by atoms with Gasteiger partial charge < -0.3 is 58.3 Å². The lowest BCUT2D eigenvalue weighted by Gasteiger charge is -2.29. The number of aryl methyl sites for hydroxylation is 1. The topological polar surface area (TPSA) is 243 Å². The maximum absolute atomic E-state index is 12.0. The van der Waals surface area contributed by atoms with Gasteiger partial charge in [0.15, 0.2) is 71.1 Å². The molecule has 0 aromatic heterocycles. The molecule has 0 spiro atoms. The lowest BCUT2D eigenvalue weighted by molar-refractivity contribution is 0.0452. The number of methoxy groups -OCH3 is 2. The fourth-order valence-corrected chi connectivity index (χ4v) is 10.0. The predicted molar refractivity (Wildman–Crippen MR) is 343 cm³/mol. The minimum Gasteiger partial charge on any atom is -0.504 e. The zero-order valence-corrected chi connectivity index (χ0v) is 54.1. The first-order chi connectivity index (χ1) is 41.2. The van der Waals surface area contributed by atoms with Crippen LogP contribution in [0.4, 0.5) is 0 Å². The third-order valence-corrected chi connectivity index (χ3v) is 14.6. The number of benzene rings is 5. The molecule has 18 nitrogen and oxygen atoms in total. The number of aldehydes is 3. The second-order valence-electron chi connectivity index (χ2n) is 24.5. The van der Waals surface area contributed by atoms with E-state index in [0.717, 1.165) is 57.9 Å². The van der Waals surface area contributed by atoms with Crippen molar-refractivity contribution in [2.45, 2.75) is 131 Å². The summed E-state index contributed by atoms with van der Waals surface area (Å²) in [7, 11) is -0.137. The van der Waals surface area contributed by atoms with Crippen LogP contribution in [0.1, 0.15) is 160 Å². The van der Waals surface area contributed by atoms with Crippen LogP contribution in [0.25, 0.3) is 24.3 Å². The zero-order valence-electron chi connectivity index (χ0n) is 53.3. The molecule has 0 unspecified atom stereocenters. The number of hydrogen-bond acceptors (Lipinski definition) is 17. The number of phenols is 4. The number of carbonyl (C=O) groups excluding carboxylic acids is 3. The first-order valence-corrected chi connectivity index (χ1v) is 30.7.